The van der Waals surface area contributed by atoms with Crippen LogP contribution in [0.4, 0.5) is 4.79 Å². The van der Waals surface area contributed by atoms with Gasteiger partial charge in [0, 0.05) is 5.56 Å². The molecule has 0 spiro atoms. The lowest BCUT2D eigenvalue weighted by atomic mass is 10.0. The number of amides is 2. The molecule has 6 heteroatoms. The molecule has 0 bridgehead atoms. The molecule has 1 aliphatic rings. The van der Waals surface area contributed by atoms with Gasteiger partial charge >= 0.3 is 0 Å². The van der Waals surface area contributed by atoms with Crippen LogP contribution in [0.3, 0.4) is 0 Å². The number of nitriles is 1. The summed E-state index contributed by atoms with van der Waals surface area (Å²) in [6.07, 6.45) is 1.70. The monoisotopic (exact) mass is 428 g/mol. The Morgan fingerprint density at radius 1 is 1.06 bits per heavy atom. The number of ether oxygens (including phenoxy) is 1. The highest BCUT2D eigenvalue weighted by Gasteiger charge is 2.35. The zero-order valence-electron chi connectivity index (χ0n) is 17.2. The van der Waals surface area contributed by atoms with E-state index in [1.165, 1.54) is 4.90 Å². The SMILES string of the molecule is CC(C)Oc1ccc2ccccc2c1C=C1SC(=O)N(Cc2ccccc2C#N)C1=O. The maximum atomic E-state index is 13.1. The molecule has 1 saturated heterocycles. The smallest absolute Gasteiger partial charge is 0.293 e. The van der Waals surface area contributed by atoms with Crippen molar-refractivity contribution in [3.63, 3.8) is 0 Å². The molecule has 1 aliphatic heterocycles. The number of thioether (sulfide) groups is 1. The van der Waals surface area contributed by atoms with E-state index in [-0.39, 0.29) is 23.8 Å². The van der Waals surface area contributed by atoms with Crippen molar-refractivity contribution in [3.8, 4) is 11.8 Å². The molecule has 0 saturated carbocycles. The van der Waals surface area contributed by atoms with Crippen molar-refractivity contribution in [2.24, 2.45) is 0 Å². The van der Waals surface area contributed by atoms with Crippen molar-refractivity contribution >= 4 is 39.8 Å². The predicted molar refractivity (Wildman–Crippen MR) is 122 cm³/mol. The van der Waals surface area contributed by atoms with Crippen LogP contribution in [0.1, 0.15) is 30.5 Å². The molecule has 2 amide bonds. The summed E-state index contributed by atoms with van der Waals surface area (Å²) < 4.78 is 5.98. The van der Waals surface area contributed by atoms with Crippen molar-refractivity contribution < 1.29 is 14.3 Å². The van der Waals surface area contributed by atoms with Crippen LogP contribution in [0.25, 0.3) is 16.8 Å². The van der Waals surface area contributed by atoms with Gasteiger partial charge in [-0.1, -0.05) is 48.5 Å². The average molecular weight is 429 g/mol. The first kappa shape index (κ1) is 20.7. The first-order valence-electron chi connectivity index (χ1n) is 9.89. The van der Waals surface area contributed by atoms with Crippen LogP contribution in [0.5, 0.6) is 5.75 Å². The Labute approximate surface area is 184 Å². The fourth-order valence-electron chi connectivity index (χ4n) is 3.49. The van der Waals surface area contributed by atoms with Crippen molar-refractivity contribution in [1.29, 1.82) is 5.26 Å². The normalized spacial score (nSPS) is 15.2. The number of carbonyl (C=O) groups is 2. The van der Waals surface area contributed by atoms with Crippen LogP contribution in [-0.2, 0) is 11.3 Å². The fourth-order valence-corrected chi connectivity index (χ4v) is 4.31. The number of fused-ring (bicyclic) bond motifs is 1. The van der Waals surface area contributed by atoms with Gasteiger partial charge in [-0.05, 0) is 60.2 Å². The van der Waals surface area contributed by atoms with E-state index in [9.17, 15) is 14.9 Å². The molecule has 0 unspecified atom stereocenters. The Hall–Kier alpha value is -3.56. The standard InChI is InChI=1S/C25H20N2O3S/c1-16(2)30-22-12-11-17-7-5-6-10-20(17)21(22)13-23-24(28)27(25(29)31-23)15-19-9-4-3-8-18(19)14-26/h3-13,16H,15H2,1-2H3. The zero-order valence-corrected chi connectivity index (χ0v) is 18.0. The quantitative estimate of drug-likeness (QED) is 0.485. The lowest BCUT2D eigenvalue weighted by molar-refractivity contribution is -0.123. The van der Waals surface area contributed by atoms with Crippen molar-refractivity contribution in [3.05, 3.63) is 82.3 Å². The second kappa shape index (κ2) is 8.66. The third-order valence-electron chi connectivity index (χ3n) is 4.91. The minimum absolute atomic E-state index is 0.0362. The molecule has 4 rings (SSSR count). The molecule has 1 fully saturated rings. The summed E-state index contributed by atoms with van der Waals surface area (Å²) in [6.45, 7) is 3.95. The number of carbonyl (C=O) groups excluding carboxylic acids is 2. The molecule has 0 N–H and O–H groups in total. The highest BCUT2D eigenvalue weighted by Crippen LogP contribution is 2.37. The largest absolute Gasteiger partial charge is 0.490 e. The van der Waals surface area contributed by atoms with E-state index in [0.29, 0.717) is 21.8 Å². The summed E-state index contributed by atoms with van der Waals surface area (Å²) in [4.78, 5) is 27.2. The van der Waals surface area contributed by atoms with Crippen LogP contribution in [0.2, 0.25) is 0 Å². The number of imide groups is 1. The molecule has 1 heterocycles. The second-order valence-corrected chi connectivity index (χ2v) is 8.40. The summed E-state index contributed by atoms with van der Waals surface area (Å²) in [7, 11) is 0. The third-order valence-corrected chi connectivity index (χ3v) is 5.82. The molecule has 0 aromatic heterocycles. The molecule has 3 aromatic rings. The van der Waals surface area contributed by atoms with E-state index in [0.717, 1.165) is 28.1 Å². The van der Waals surface area contributed by atoms with Gasteiger partial charge in [0.15, 0.2) is 0 Å². The first-order chi connectivity index (χ1) is 15.0. The minimum atomic E-state index is -0.369. The second-order valence-electron chi connectivity index (χ2n) is 7.40. The molecule has 0 radical (unpaired) electrons. The number of benzene rings is 3. The number of nitrogens with zero attached hydrogens (tertiary/aromatic N) is 2. The highest BCUT2D eigenvalue weighted by atomic mass is 32.2. The fraction of sp³-hybridized carbons (Fsp3) is 0.160. The van der Waals surface area contributed by atoms with Crippen LogP contribution in [0.15, 0.2) is 65.6 Å². The number of hydrogen-bond donors (Lipinski definition) is 0. The Morgan fingerprint density at radius 3 is 2.58 bits per heavy atom. The Kier molecular flexibility index (Phi) is 5.79. The average Bonchev–Trinajstić information content (AvgIpc) is 3.02. The lowest BCUT2D eigenvalue weighted by Crippen LogP contribution is -2.27. The van der Waals surface area contributed by atoms with Gasteiger partial charge in [-0.25, -0.2) is 0 Å². The highest BCUT2D eigenvalue weighted by molar-refractivity contribution is 8.18. The summed E-state index contributed by atoms with van der Waals surface area (Å²) in [5, 5.41) is 10.9. The molecular formula is C25H20N2O3S. The maximum absolute atomic E-state index is 13.1. The number of rotatable bonds is 5. The predicted octanol–water partition coefficient (Wildman–Crippen LogP) is 5.74. The molecule has 154 valence electrons. The zero-order chi connectivity index (χ0) is 22.0. The minimum Gasteiger partial charge on any atom is -0.490 e. The van der Waals surface area contributed by atoms with Crippen LogP contribution < -0.4 is 4.74 Å². The van der Waals surface area contributed by atoms with Gasteiger partial charge in [-0.2, -0.15) is 5.26 Å². The summed E-state index contributed by atoms with van der Waals surface area (Å²) in [5.41, 5.74) is 1.87. The van der Waals surface area contributed by atoms with E-state index in [1.54, 1.807) is 30.3 Å². The lowest BCUT2D eigenvalue weighted by Gasteiger charge is -2.15. The Bertz CT molecular complexity index is 1260. The van der Waals surface area contributed by atoms with Crippen LogP contribution in [-0.4, -0.2) is 22.2 Å². The molecule has 0 atom stereocenters. The van der Waals surface area contributed by atoms with E-state index in [1.807, 2.05) is 50.2 Å². The third kappa shape index (κ3) is 4.18. The van der Waals surface area contributed by atoms with Gasteiger partial charge in [0.2, 0.25) is 0 Å². The van der Waals surface area contributed by atoms with E-state index >= 15 is 0 Å². The first-order valence-corrected chi connectivity index (χ1v) is 10.7. The van der Waals surface area contributed by atoms with E-state index < -0.39 is 0 Å². The molecule has 5 nitrogen and oxygen atoms in total. The molecule has 3 aromatic carbocycles. The van der Waals surface area contributed by atoms with Gasteiger partial charge in [0.1, 0.15) is 5.75 Å². The summed E-state index contributed by atoms with van der Waals surface area (Å²) in [5.74, 6) is 0.293. The van der Waals surface area contributed by atoms with E-state index in [4.69, 9.17) is 4.74 Å². The van der Waals surface area contributed by atoms with Gasteiger partial charge in [0.05, 0.1) is 29.2 Å². The van der Waals surface area contributed by atoms with Crippen molar-refractivity contribution in [2.45, 2.75) is 26.5 Å². The van der Waals surface area contributed by atoms with Crippen LogP contribution >= 0.6 is 11.8 Å². The van der Waals surface area contributed by atoms with Gasteiger partial charge in [-0.15, -0.1) is 0 Å². The van der Waals surface area contributed by atoms with Gasteiger partial charge in [0.25, 0.3) is 11.1 Å². The van der Waals surface area contributed by atoms with E-state index in [2.05, 4.69) is 6.07 Å². The van der Waals surface area contributed by atoms with Crippen LogP contribution in [0, 0.1) is 11.3 Å². The Morgan fingerprint density at radius 2 is 1.81 bits per heavy atom. The molecule has 0 aliphatic carbocycles. The summed E-state index contributed by atoms with van der Waals surface area (Å²) >= 11 is 0.906. The van der Waals surface area contributed by atoms with Crippen molar-refractivity contribution in [1.82, 2.24) is 4.90 Å². The molecular weight excluding hydrogens is 408 g/mol. The maximum Gasteiger partial charge on any atom is 0.293 e. The van der Waals surface area contributed by atoms with Gasteiger partial charge < -0.3 is 4.74 Å². The topological polar surface area (TPSA) is 70.4 Å². The van der Waals surface area contributed by atoms with Crippen molar-refractivity contribution in [2.75, 3.05) is 0 Å². The number of hydrogen-bond acceptors (Lipinski definition) is 5. The summed E-state index contributed by atoms with van der Waals surface area (Å²) in [6, 6.07) is 20.8. The Balaban J connectivity index is 1.73. The molecule has 31 heavy (non-hydrogen) atoms. The van der Waals surface area contributed by atoms with Gasteiger partial charge in [-0.3, -0.25) is 14.5 Å².